The van der Waals surface area contributed by atoms with Gasteiger partial charge in [0.15, 0.2) is 0 Å². The fraction of sp³-hybridized carbons (Fsp3) is 0.393. The quantitative estimate of drug-likeness (QED) is 0.504. The summed E-state index contributed by atoms with van der Waals surface area (Å²) in [5, 5.41) is 9.18. The van der Waals surface area contributed by atoms with Crippen LogP contribution in [0, 0.1) is 6.92 Å². The molecule has 2 N–H and O–H groups in total. The molecule has 0 unspecified atom stereocenters. The summed E-state index contributed by atoms with van der Waals surface area (Å²) in [6.45, 7) is 6.83. The number of ether oxygens (including phenoxy) is 2. The Morgan fingerprint density at radius 2 is 1.82 bits per heavy atom. The third-order valence-electron chi connectivity index (χ3n) is 6.75. The van der Waals surface area contributed by atoms with Gasteiger partial charge in [-0.2, -0.15) is 0 Å². The van der Waals surface area contributed by atoms with Gasteiger partial charge in [0.25, 0.3) is 0 Å². The lowest BCUT2D eigenvalue weighted by molar-refractivity contribution is -0.125. The highest BCUT2D eigenvalue weighted by Gasteiger charge is 2.36. The maximum Gasteiger partial charge on any atom is 0.237 e. The van der Waals surface area contributed by atoms with E-state index in [9.17, 15) is 4.79 Å². The molecule has 34 heavy (non-hydrogen) atoms. The Hall–Kier alpha value is -3.09. The summed E-state index contributed by atoms with van der Waals surface area (Å²) in [7, 11) is 3.36. The van der Waals surface area contributed by atoms with Crippen LogP contribution in [0.25, 0.3) is 10.8 Å². The van der Waals surface area contributed by atoms with Gasteiger partial charge in [0.2, 0.25) is 5.91 Å². The highest BCUT2D eigenvalue weighted by Crippen LogP contribution is 2.32. The second-order valence-electron chi connectivity index (χ2n) is 8.88. The zero-order chi connectivity index (χ0) is 24.1. The van der Waals surface area contributed by atoms with Crippen molar-refractivity contribution in [2.45, 2.75) is 45.4 Å². The van der Waals surface area contributed by atoms with Gasteiger partial charge in [-0.25, -0.2) is 0 Å². The number of fused-ring (bicyclic) bond motifs is 1. The summed E-state index contributed by atoms with van der Waals surface area (Å²) in [4.78, 5) is 15.2. The third kappa shape index (κ3) is 5.03. The van der Waals surface area contributed by atoms with E-state index in [4.69, 9.17) is 9.47 Å². The lowest BCUT2D eigenvalue weighted by Gasteiger charge is -2.24. The number of likely N-dealkylation sites (tertiary alicyclic amines) is 1. The SMILES string of the molecule is CCNC(=O)[C@@H]1C[C@H](NCc2ccc(OC)c(C)c2OC)CN1Cc1cccc2ccccc12. The van der Waals surface area contributed by atoms with Crippen LogP contribution in [0.5, 0.6) is 11.5 Å². The van der Waals surface area contributed by atoms with Crippen LogP contribution in [0.1, 0.15) is 30.0 Å². The highest BCUT2D eigenvalue weighted by atomic mass is 16.5. The lowest BCUT2D eigenvalue weighted by Crippen LogP contribution is -2.42. The molecule has 6 heteroatoms. The fourth-order valence-electron chi connectivity index (χ4n) is 5.07. The van der Waals surface area contributed by atoms with Crippen molar-refractivity contribution in [3.05, 3.63) is 71.3 Å². The molecule has 6 nitrogen and oxygen atoms in total. The van der Waals surface area contributed by atoms with E-state index in [0.29, 0.717) is 13.1 Å². The normalized spacial score (nSPS) is 18.2. The standard InChI is InChI=1S/C28H35N3O3/c1-5-29-28(32)25-15-23(30-16-21-13-14-26(33-3)19(2)27(21)34-4)18-31(25)17-22-11-8-10-20-9-6-7-12-24(20)22/h6-14,23,25,30H,5,15-18H2,1-4H3,(H,29,32)/t23-,25-/m0/s1. The Morgan fingerprint density at radius 3 is 2.59 bits per heavy atom. The van der Waals surface area contributed by atoms with Crippen molar-refractivity contribution in [3.63, 3.8) is 0 Å². The minimum absolute atomic E-state index is 0.102. The summed E-state index contributed by atoms with van der Waals surface area (Å²) >= 11 is 0. The number of nitrogens with zero attached hydrogens (tertiary/aromatic N) is 1. The molecule has 3 aromatic rings. The second-order valence-corrected chi connectivity index (χ2v) is 8.88. The number of benzene rings is 3. The molecule has 1 fully saturated rings. The molecule has 1 aliphatic heterocycles. The number of nitrogens with one attached hydrogen (secondary N) is 2. The van der Waals surface area contributed by atoms with Crippen molar-refractivity contribution in [1.82, 2.24) is 15.5 Å². The number of amides is 1. The molecule has 3 aromatic carbocycles. The molecule has 0 spiro atoms. The first-order valence-corrected chi connectivity index (χ1v) is 12.0. The summed E-state index contributed by atoms with van der Waals surface area (Å²) in [6, 6.07) is 18.9. The maximum absolute atomic E-state index is 12.9. The second kappa shape index (κ2) is 10.9. The molecular formula is C28H35N3O3. The van der Waals surface area contributed by atoms with E-state index in [1.165, 1.54) is 16.3 Å². The van der Waals surface area contributed by atoms with Crippen molar-refractivity contribution >= 4 is 16.7 Å². The predicted molar refractivity (Wildman–Crippen MR) is 136 cm³/mol. The van der Waals surface area contributed by atoms with Gasteiger partial charge >= 0.3 is 0 Å². The number of methoxy groups -OCH3 is 2. The van der Waals surface area contributed by atoms with Crippen LogP contribution in [0.3, 0.4) is 0 Å². The van der Waals surface area contributed by atoms with Crippen LogP contribution < -0.4 is 20.1 Å². The third-order valence-corrected chi connectivity index (χ3v) is 6.75. The molecule has 0 saturated carbocycles. The Labute approximate surface area is 202 Å². The van der Waals surface area contributed by atoms with E-state index in [1.807, 2.05) is 26.0 Å². The van der Waals surface area contributed by atoms with Crippen molar-refractivity contribution in [1.29, 1.82) is 0 Å². The molecule has 180 valence electrons. The Balaban J connectivity index is 1.51. The molecule has 1 amide bonds. The topological polar surface area (TPSA) is 62.8 Å². The molecule has 0 aliphatic carbocycles. The molecule has 0 aromatic heterocycles. The van der Waals surface area contributed by atoms with E-state index >= 15 is 0 Å². The van der Waals surface area contributed by atoms with E-state index < -0.39 is 0 Å². The lowest BCUT2D eigenvalue weighted by atomic mass is 10.0. The molecule has 1 heterocycles. The minimum Gasteiger partial charge on any atom is -0.496 e. The van der Waals surface area contributed by atoms with Crippen LogP contribution >= 0.6 is 0 Å². The molecule has 0 radical (unpaired) electrons. The monoisotopic (exact) mass is 461 g/mol. The van der Waals surface area contributed by atoms with Crippen molar-refractivity contribution < 1.29 is 14.3 Å². The molecule has 0 bridgehead atoms. The Morgan fingerprint density at radius 1 is 1.03 bits per heavy atom. The first-order chi connectivity index (χ1) is 16.5. The van der Waals surface area contributed by atoms with Gasteiger partial charge in [-0.15, -0.1) is 0 Å². The molecular weight excluding hydrogens is 426 g/mol. The largest absolute Gasteiger partial charge is 0.496 e. The van der Waals surface area contributed by atoms with Crippen LogP contribution in [0.4, 0.5) is 0 Å². The van der Waals surface area contributed by atoms with Crippen molar-refractivity contribution in [2.75, 3.05) is 27.3 Å². The highest BCUT2D eigenvalue weighted by molar-refractivity contribution is 5.86. The zero-order valence-electron chi connectivity index (χ0n) is 20.6. The van der Waals surface area contributed by atoms with Gasteiger partial charge in [0.05, 0.1) is 20.3 Å². The van der Waals surface area contributed by atoms with Gasteiger partial charge in [-0.1, -0.05) is 48.5 Å². The van der Waals surface area contributed by atoms with Gasteiger partial charge in [-0.05, 0) is 42.7 Å². The van der Waals surface area contributed by atoms with E-state index in [2.05, 4.69) is 58.0 Å². The zero-order valence-corrected chi connectivity index (χ0v) is 20.6. The average Bonchev–Trinajstić information content (AvgIpc) is 3.26. The number of carbonyl (C=O) groups excluding carboxylic acids is 1. The van der Waals surface area contributed by atoms with Gasteiger partial charge in [-0.3, -0.25) is 9.69 Å². The fourth-order valence-corrected chi connectivity index (χ4v) is 5.07. The molecule has 4 rings (SSSR count). The number of hydrogen-bond acceptors (Lipinski definition) is 5. The van der Waals surface area contributed by atoms with Gasteiger partial charge in [0.1, 0.15) is 11.5 Å². The Kier molecular flexibility index (Phi) is 7.70. The summed E-state index contributed by atoms with van der Waals surface area (Å²) in [5.41, 5.74) is 3.33. The number of carbonyl (C=O) groups is 1. The Bertz CT molecular complexity index is 1140. The van der Waals surface area contributed by atoms with Crippen LogP contribution in [-0.2, 0) is 17.9 Å². The smallest absolute Gasteiger partial charge is 0.237 e. The molecule has 1 aliphatic rings. The van der Waals surface area contributed by atoms with Gasteiger partial charge in [0, 0.05) is 43.3 Å². The summed E-state index contributed by atoms with van der Waals surface area (Å²) in [5.74, 6) is 1.77. The van der Waals surface area contributed by atoms with E-state index in [1.54, 1.807) is 14.2 Å². The number of rotatable bonds is 9. The van der Waals surface area contributed by atoms with E-state index in [0.717, 1.165) is 42.1 Å². The predicted octanol–water partition coefficient (Wildman–Crippen LogP) is 4.03. The molecule has 2 atom stereocenters. The molecule has 1 saturated heterocycles. The number of likely N-dealkylation sites (N-methyl/N-ethyl adjacent to an activating group) is 1. The first kappa shape index (κ1) is 24.0. The first-order valence-electron chi connectivity index (χ1n) is 12.0. The van der Waals surface area contributed by atoms with Crippen LogP contribution in [0.15, 0.2) is 54.6 Å². The van der Waals surface area contributed by atoms with Crippen LogP contribution in [-0.4, -0.2) is 50.2 Å². The van der Waals surface area contributed by atoms with Crippen LogP contribution in [0.2, 0.25) is 0 Å². The minimum atomic E-state index is -0.157. The summed E-state index contributed by atoms with van der Waals surface area (Å²) in [6.07, 6.45) is 0.772. The van der Waals surface area contributed by atoms with Gasteiger partial charge < -0.3 is 20.1 Å². The van der Waals surface area contributed by atoms with E-state index in [-0.39, 0.29) is 18.0 Å². The average molecular weight is 462 g/mol. The van der Waals surface area contributed by atoms with Crippen molar-refractivity contribution in [2.24, 2.45) is 0 Å². The van der Waals surface area contributed by atoms with Crippen molar-refractivity contribution in [3.8, 4) is 11.5 Å². The maximum atomic E-state index is 12.9. The summed E-state index contributed by atoms with van der Waals surface area (Å²) < 4.78 is 11.1. The number of hydrogen-bond donors (Lipinski definition) is 2.